The molecule has 0 bridgehead atoms. The van der Waals surface area contributed by atoms with Gasteiger partial charge in [-0.1, -0.05) is 23.2 Å². The molecule has 0 spiro atoms. The Labute approximate surface area is 113 Å². The van der Waals surface area contributed by atoms with Gasteiger partial charge in [0.2, 0.25) is 0 Å². The summed E-state index contributed by atoms with van der Waals surface area (Å²) in [5.74, 6) is 0. The quantitative estimate of drug-likeness (QED) is 0.803. The zero-order chi connectivity index (χ0) is 11.4. The highest BCUT2D eigenvalue weighted by Gasteiger charge is 1.99. The molecule has 0 fully saturated rings. The summed E-state index contributed by atoms with van der Waals surface area (Å²) in [7, 11) is 0. The van der Waals surface area contributed by atoms with E-state index in [1.807, 2.05) is 12.1 Å². The largest absolute Gasteiger partial charge is 0.311 e. The van der Waals surface area contributed by atoms with Crippen LogP contribution in [0, 0.1) is 0 Å². The summed E-state index contributed by atoms with van der Waals surface area (Å²) in [5.41, 5.74) is 0. The lowest BCUT2D eigenvalue weighted by atomic mass is 10.3. The molecule has 0 aromatic carbocycles. The molecular formula is C11H11Cl2NS2. The Morgan fingerprint density at radius 1 is 0.938 bits per heavy atom. The van der Waals surface area contributed by atoms with Crippen molar-refractivity contribution in [3.05, 3.63) is 42.7 Å². The number of rotatable bonds is 5. The summed E-state index contributed by atoms with van der Waals surface area (Å²) in [4.78, 5) is 2.59. The van der Waals surface area contributed by atoms with Crippen molar-refractivity contribution in [1.29, 1.82) is 0 Å². The maximum atomic E-state index is 5.86. The van der Waals surface area contributed by atoms with Crippen LogP contribution in [0.25, 0.3) is 0 Å². The van der Waals surface area contributed by atoms with Gasteiger partial charge in [0.05, 0.1) is 8.67 Å². The average Bonchev–Trinajstić information content (AvgIpc) is 2.83. The predicted molar refractivity (Wildman–Crippen MR) is 74.1 cm³/mol. The maximum Gasteiger partial charge on any atom is 0.0931 e. The Balaban J connectivity index is 1.69. The number of thiophene rings is 2. The van der Waals surface area contributed by atoms with E-state index >= 15 is 0 Å². The SMILES string of the molecule is Clc1ccc(CCNCc2ccc(Cl)s2)s1. The first-order valence-corrected chi connectivity index (χ1v) is 7.32. The van der Waals surface area contributed by atoms with Crippen molar-refractivity contribution >= 4 is 45.9 Å². The summed E-state index contributed by atoms with van der Waals surface area (Å²) in [6, 6.07) is 8.02. The highest BCUT2D eigenvalue weighted by atomic mass is 35.5. The molecule has 0 unspecified atom stereocenters. The minimum atomic E-state index is 0.849. The number of nitrogens with one attached hydrogen (secondary N) is 1. The van der Waals surface area contributed by atoms with E-state index in [9.17, 15) is 0 Å². The molecule has 1 N–H and O–H groups in total. The minimum absolute atomic E-state index is 0.849. The molecule has 5 heteroatoms. The van der Waals surface area contributed by atoms with E-state index in [1.54, 1.807) is 22.7 Å². The van der Waals surface area contributed by atoms with Crippen molar-refractivity contribution in [2.45, 2.75) is 13.0 Å². The van der Waals surface area contributed by atoms with Crippen molar-refractivity contribution in [2.24, 2.45) is 0 Å². The number of hydrogen-bond acceptors (Lipinski definition) is 3. The molecule has 1 nitrogen and oxygen atoms in total. The molecule has 2 aromatic heterocycles. The second-order valence-corrected chi connectivity index (χ2v) is 6.94. The molecule has 0 aliphatic carbocycles. The molecule has 0 aliphatic rings. The van der Waals surface area contributed by atoms with Crippen LogP contribution in [0.5, 0.6) is 0 Å². The average molecular weight is 292 g/mol. The fourth-order valence-electron chi connectivity index (χ4n) is 1.36. The van der Waals surface area contributed by atoms with E-state index in [-0.39, 0.29) is 0 Å². The summed E-state index contributed by atoms with van der Waals surface area (Å²) in [5, 5.41) is 3.39. The molecule has 86 valence electrons. The first kappa shape index (κ1) is 12.4. The van der Waals surface area contributed by atoms with Crippen molar-refractivity contribution in [3.63, 3.8) is 0 Å². The summed E-state index contributed by atoms with van der Waals surface area (Å²) in [6.45, 7) is 1.85. The monoisotopic (exact) mass is 291 g/mol. The molecule has 0 aliphatic heterocycles. The Kier molecular flexibility index (Phi) is 4.67. The maximum absolute atomic E-state index is 5.86. The van der Waals surface area contributed by atoms with Gasteiger partial charge in [-0.2, -0.15) is 0 Å². The van der Waals surface area contributed by atoms with E-state index in [0.717, 1.165) is 28.2 Å². The highest BCUT2D eigenvalue weighted by Crippen LogP contribution is 2.22. The van der Waals surface area contributed by atoms with Crippen LogP contribution in [0.1, 0.15) is 9.75 Å². The van der Waals surface area contributed by atoms with Gasteiger partial charge in [0.1, 0.15) is 0 Å². The molecule has 0 radical (unpaired) electrons. The Morgan fingerprint density at radius 2 is 1.56 bits per heavy atom. The minimum Gasteiger partial charge on any atom is -0.311 e. The molecule has 16 heavy (non-hydrogen) atoms. The van der Waals surface area contributed by atoms with Crippen molar-refractivity contribution < 1.29 is 0 Å². The Hall–Kier alpha value is -0.0600. The summed E-state index contributed by atoms with van der Waals surface area (Å²) >= 11 is 15.0. The molecule has 2 heterocycles. The lowest BCUT2D eigenvalue weighted by Crippen LogP contribution is -2.15. The van der Waals surface area contributed by atoms with Crippen LogP contribution in [0.4, 0.5) is 0 Å². The zero-order valence-electron chi connectivity index (χ0n) is 8.50. The number of halogens is 2. The van der Waals surface area contributed by atoms with Gasteiger partial charge in [0.15, 0.2) is 0 Å². The van der Waals surface area contributed by atoms with Crippen LogP contribution in [0.15, 0.2) is 24.3 Å². The highest BCUT2D eigenvalue weighted by molar-refractivity contribution is 7.16. The lowest BCUT2D eigenvalue weighted by molar-refractivity contribution is 0.697. The van der Waals surface area contributed by atoms with Gasteiger partial charge in [0, 0.05) is 22.8 Å². The van der Waals surface area contributed by atoms with Crippen molar-refractivity contribution in [1.82, 2.24) is 5.32 Å². The van der Waals surface area contributed by atoms with E-state index in [2.05, 4.69) is 17.4 Å². The Bertz CT molecular complexity index is 408. The zero-order valence-corrected chi connectivity index (χ0v) is 11.6. The Morgan fingerprint density at radius 3 is 2.12 bits per heavy atom. The molecule has 0 saturated carbocycles. The van der Waals surface area contributed by atoms with Crippen LogP contribution < -0.4 is 5.32 Å². The van der Waals surface area contributed by atoms with Crippen molar-refractivity contribution in [3.8, 4) is 0 Å². The third-order valence-electron chi connectivity index (χ3n) is 2.11. The molecule has 2 aromatic rings. The van der Waals surface area contributed by atoms with Crippen LogP contribution >= 0.6 is 45.9 Å². The van der Waals surface area contributed by atoms with E-state index < -0.39 is 0 Å². The van der Waals surface area contributed by atoms with Crippen LogP contribution in [0.3, 0.4) is 0 Å². The van der Waals surface area contributed by atoms with Gasteiger partial charge < -0.3 is 5.32 Å². The third kappa shape index (κ3) is 3.75. The normalized spacial score (nSPS) is 10.9. The van der Waals surface area contributed by atoms with Gasteiger partial charge >= 0.3 is 0 Å². The standard InChI is InChI=1S/C11H11Cl2NS2/c12-10-3-1-8(15-10)5-6-14-7-9-2-4-11(13)16-9/h1-4,14H,5-7H2. The van der Waals surface area contributed by atoms with Crippen LogP contribution in [0.2, 0.25) is 8.67 Å². The molecule has 2 rings (SSSR count). The fourth-order valence-corrected chi connectivity index (χ4v) is 3.50. The summed E-state index contributed by atoms with van der Waals surface area (Å²) < 4.78 is 1.71. The summed E-state index contributed by atoms with van der Waals surface area (Å²) in [6.07, 6.45) is 1.02. The van der Waals surface area contributed by atoms with Crippen molar-refractivity contribution in [2.75, 3.05) is 6.54 Å². The third-order valence-corrected chi connectivity index (χ3v) is 4.63. The fraction of sp³-hybridized carbons (Fsp3) is 0.273. The molecule has 0 saturated heterocycles. The van der Waals surface area contributed by atoms with Gasteiger partial charge in [-0.25, -0.2) is 0 Å². The second kappa shape index (κ2) is 6.03. The second-order valence-electron chi connectivity index (χ2n) is 3.34. The molecule has 0 amide bonds. The van der Waals surface area contributed by atoms with Gasteiger partial charge in [0.25, 0.3) is 0 Å². The van der Waals surface area contributed by atoms with Crippen LogP contribution in [-0.2, 0) is 13.0 Å². The lowest BCUT2D eigenvalue weighted by Gasteiger charge is -2.00. The van der Waals surface area contributed by atoms with E-state index in [1.165, 1.54) is 9.75 Å². The molecule has 0 atom stereocenters. The van der Waals surface area contributed by atoms with E-state index in [0.29, 0.717) is 0 Å². The van der Waals surface area contributed by atoms with Gasteiger partial charge in [-0.15, -0.1) is 22.7 Å². The predicted octanol–water partition coefficient (Wildman–Crippen LogP) is 4.45. The molecular weight excluding hydrogens is 281 g/mol. The smallest absolute Gasteiger partial charge is 0.0931 e. The first-order valence-electron chi connectivity index (χ1n) is 4.93. The van der Waals surface area contributed by atoms with Gasteiger partial charge in [-0.3, -0.25) is 0 Å². The van der Waals surface area contributed by atoms with E-state index in [4.69, 9.17) is 23.2 Å². The van der Waals surface area contributed by atoms with Crippen LogP contribution in [-0.4, -0.2) is 6.54 Å². The number of hydrogen-bond donors (Lipinski definition) is 1. The first-order chi connectivity index (χ1) is 7.74. The van der Waals surface area contributed by atoms with Gasteiger partial charge in [-0.05, 0) is 30.7 Å². The topological polar surface area (TPSA) is 12.0 Å².